The van der Waals surface area contributed by atoms with Gasteiger partial charge < -0.3 is 10.2 Å². The van der Waals surface area contributed by atoms with Crippen LogP contribution >= 0.6 is 0 Å². The van der Waals surface area contributed by atoms with Gasteiger partial charge in [-0.1, -0.05) is 31.5 Å². The summed E-state index contributed by atoms with van der Waals surface area (Å²) in [6, 6.07) is 7.10. The molecule has 20 heavy (non-hydrogen) atoms. The molecule has 4 nitrogen and oxygen atoms in total. The number of benzene rings is 1. The van der Waals surface area contributed by atoms with Crippen molar-refractivity contribution in [3.8, 4) is 5.75 Å². The molecule has 0 spiro atoms. The molecule has 0 bridgehead atoms. The molecule has 2 N–H and O–H groups in total. The molecule has 1 heterocycles. The van der Waals surface area contributed by atoms with Gasteiger partial charge in [0.1, 0.15) is 11.3 Å². The highest BCUT2D eigenvalue weighted by Gasteiger charge is 2.48. The van der Waals surface area contributed by atoms with E-state index >= 15 is 0 Å². The van der Waals surface area contributed by atoms with Gasteiger partial charge in [0.15, 0.2) is 0 Å². The predicted octanol–water partition coefficient (Wildman–Crippen LogP) is 3.17. The SMILES string of the molecule is CCCC1(C(=O)O)CCCN1C(C)c1ccccc1O. The van der Waals surface area contributed by atoms with Gasteiger partial charge in [-0.15, -0.1) is 0 Å². The normalized spacial score (nSPS) is 24.7. The summed E-state index contributed by atoms with van der Waals surface area (Å²) in [6.45, 7) is 4.77. The van der Waals surface area contributed by atoms with Crippen LogP contribution in [0.3, 0.4) is 0 Å². The highest BCUT2D eigenvalue weighted by atomic mass is 16.4. The summed E-state index contributed by atoms with van der Waals surface area (Å²) >= 11 is 0. The average Bonchev–Trinajstić information content (AvgIpc) is 2.84. The van der Waals surface area contributed by atoms with Crippen LogP contribution in [-0.2, 0) is 4.79 Å². The van der Waals surface area contributed by atoms with Crippen LogP contribution in [0.1, 0.15) is 51.1 Å². The van der Waals surface area contributed by atoms with Gasteiger partial charge in [-0.05, 0) is 38.8 Å². The zero-order valence-corrected chi connectivity index (χ0v) is 12.2. The van der Waals surface area contributed by atoms with E-state index in [0.717, 1.165) is 24.9 Å². The molecule has 1 saturated heterocycles. The molecular weight excluding hydrogens is 254 g/mol. The summed E-state index contributed by atoms with van der Waals surface area (Å²) in [4.78, 5) is 13.9. The molecule has 1 aliphatic rings. The smallest absolute Gasteiger partial charge is 0.324 e. The summed E-state index contributed by atoms with van der Waals surface area (Å²) in [7, 11) is 0. The summed E-state index contributed by atoms with van der Waals surface area (Å²) in [6.07, 6.45) is 3.08. The van der Waals surface area contributed by atoms with Crippen LogP contribution in [0.2, 0.25) is 0 Å². The van der Waals surface area contributed by atoms with Crippen LogP contribution < -0.4 is 0 Å². The van der Waals surface area contributed by atoms with Crippen molar-refractivity contribution < 1.29 is 15.0 Å². The van der Waals surface area contributed by atoms with Gasteiger partial charge in [-0.25, -0.2) is 0 Å². The Balaban J connectivity index is 2.35. The molecule has 0 aromatic heterocycles. The number of hydrogen-bond acceptors (Lipinski definition) is 3. The Bertz CT molecular complexity index is 488. The number of hydrogen-bond donors (Lipinski definition) is 2. The van der Waals surface area contributed by atoms with E-state index in [1.165, 1.54) is 0 Å². The number of aromatic hydroxyl groups is 1. The maximum atomic E-state index is 11.8. The molecule has 4 heteroatoms. The Labute approximate surface area is 120 Å². The minimum Gasteiger partial charge on any atom is -0.508 e. The van der Waals surface area contributed by atoms with Crippen molar-refractivity contribution in [1.82, 2.24) is 4.90 Å². The number of rotatable bonds is 5. The third-order valence-electron chi connectivity index (χ3n) is 4.46. The van der Waals surface area contributed by atoms with E-state index < -0.39 is 11.5 Å². The maximum Gasteiger partial charge on any atom is 0.324 e. The Hall–Kier alpha value is -1.55. The molecule has 2 unspecified atom stereocenters. The summed E-state index contributed by atoms with van der Waals surface area (Å²) in [5, 5.41) is 19.7. The van der Waals surface area contributed by atoms with Gasteiger partial charge >= 0.3 is 5.97 Å². The Morgan fingerprint density at radius 1 is 1.45 bits per heavy atom. The number of carbonyl (C=O) groups is 1. The van der Waals surface area contributed by atoms with Crippen molar-refractivity contribution in [1.29, 1.82) is 0 Å². The molecule has 110 valence electrons. The first kappa shape index (κ1) is 14.9. The summed E-state index contributed by atoms with van der Waals surface area (Å²) < 4.78 is 0. The summed E-state index contributed by atoms with van der Waals surface area (Å²) in [5.41, 5.74) is 0.0207. The molecule has 1 aliphatic heterocycles. The third kappa shape index (κ3) is 2.40. The third-order valence-corrected chi connectivity index (χ3v) is 4.46. The topological polar surface area (TPSA) is 60.8 Å². The largest absolute Gasteiger partial charge is 0.508 e. The number of phenols is 1. The number of para-hydroxylation sites is 1. The molecule has 0 amide bonds. The van der Waals surface area contributed by atoms with Crippen molar-refractivity contribution in [2.45, 2.75) is 51.1 Å². The molecular formula is C16H23NO3. The van der Waals surface area contributed by atoms with Crippen molar-refractivity contribution in [2.75, 3.05) is 6.54 Å². The van der Waals surface area contributed by atoms with Gasteiger partial charge in [0, 0.05) is 11.6 Å². The van der Waals surface area contributed by atoms with Gasteiger partial charge in [0.05, 0.1) is 0 Å². The van der Waals surface area contributed by atoms with Crippen LogP contribution in [0.25, 0.3) is 0 Å². The first-order valence-corrected chi connectivity index (χ1v) is 7.31. The number of carboxylic acids is 1. The second-order valence-corrected chi connectivity index (χ2v) is 5.62. The minimum atomic E-state index is -0.781. The Kier molecular flexibility index (Phi) is 4.33. The highest BCUT2D eigenvalue weighted by Crippen LogP contribution is 2.41. The molecule has 0 aliphatic carbocycles. The predicted molar refractivity (Wildman–Crippen MR) is 77.7 cm³/mol. The fourth-order valence-corrected chi connectivity index (χ4v) is 3.49. The molecule has 2 atom stereocenters. The zero-order valence-electron chi connectivity index (χ0n) is 12.2. The maximum absolute atomic E-state index is 11.8. The van der Waals surface area contributed by atoms with Crippen molar-refractivity contribution >= 4 is 5.97 Å². The monoisotopic (exact) mass is 277 g/mol. The van der Waals surface area contributed by atoms with E-state index in [0.29, 0.717) is 12.8 Å². The number of phenolic OH excluding ortho intramolecular Hbond substituents is 1. The van der Waals surface area contributed by atoms with Crippen molar-refractivity contribution in [2.24, 2.45) is 0 Å². The van der Waals surface area contributed by atoms with E-state index in [2.05, 4.69) is 0 Å². The highest BCUT2D eigenvalue weighted by molar-refractivity contribution is 5.79. The Morgan fingerprint density at radius 2 is 2.15 bits per heavy atom. The summed E-state index contributed by atoms with van der Waals surface area (Å²) in [5.74, 6) is -0.498. The number of likely N-dealkylation sites (tertiary alicyclic amines) is 1. The van der Waals surface area contributed by atoms with E-state index in [9.17, 15) is 15.0 Å². The first-order valence-electron chi connectivity index (χ1n) is 7.31. The van der Waals surface area contributed by atoms with Gasteiger partial charge in [-0.3, -0.25) is 9.69 Å². The fourth-order valence-electron chi connectivity index (χ4n) is 3.49. The minimum absolute atomic E-state index is 0.0960. The fraction of sp³-hybridized carbons (Fsp3) is 0.562. The van der Waals surface area contributed by atoms with E-state index in [1.54, 1.807) is 12.1 Å². The molecule has 2 rings (SSSR count). The average molecular weight is 277 g/mol. The molecule has 0 radical (unpaired) electrons. The van der Waals surface area contributed by atoms with Gasteiger partial charge in [0.25, 0.3) is 0 Å². The molecule has 1 aromatic carbocycles. The molecule has 1 aromatic rings. The Morgan fingerprint density at radius 3 is 2.75 bits per heavy atom. The number of aliphatic carboxylic acids is 1. The lowest BCUT2D eigenvalue weighted by Gasteiger charge is -2.39. The second kappa shape index (κ2) is 5.83. The lowest BCUT2D eigenvalue weighted by atomic mass is 9.88. The van der Waals surface area contributed by atoms with Crippen molar-refractivity contribution in [3.63, 3.8) is 0 Å². The van der Waals surface area contributed by atoms with E-state index in [-0.39, 0.29) is 11.8 Å². The lowest BCUT2D eigenvalue weighted by Crippen LogP contribution is -2.51. The van der Waals surface area contributed by atoms with Crippen LogP contribution in [0.4, 0.5) is 0 Å². The van der Waals surface area contributed by atoms with Crippen LogP contribution in [0.5, 0.6) is 5.75 Å². The standard InChI is InChI=1S/C16H23NO3/c1-3-9-16(15(19)20)10-6-11-17(16)12(2)13-7-4-5-8-14(13)18/h4-5,7-8,12,18H,3,6,9-11H2,1-2H3,(H,19,20). The number of carboxylic acid groups (broad SMARTS) is 1. The van der Waals surface area contributed by atoms with Crippen LogP contribution in [0.15, 0.2) is 24.3 Å². The van der Waals surface area contributed by atoms with Crippen LogP contribution in [0, 0.1) is 0 Å². The molecule has 1 fully saturated rings. The van der Waals surface area contributed by atoms with Gasteiger partial charge in [-0.2, -0.15) is 0 Å². The first-order chi connectivity index (χ1) is 9.53. The van der Waals surface area contributed by atoms with E-state index in [4.69, 9.17) is 0 Å². The zero-order chi connectivity index (χ0) is 14.8. The lowest BCUT2D eigenvalue weighted by molar-refractivity contribution is -0.151. The molecule has 0 saturated carbocycles. The van der Waals surface area contributed by atoms with Gasteiger partial charge in [0.2, 0.25) is 0 Å². The van der Waals surface area contributed by atoms with E-state index in [1.807, 2.05) is 30.9 Å². The number of nitrogens with zero attached hydrogens (tertiary/aromatic N) is 1. The van der Waals surface area contributed by atoms with Crippen LogP contribution in [-0.4, -0.2) is 33.2 Å². The van der Waals surface area contributed by atoms with Crippen molar-refractivity contribution in [3.05, 3.63) is 29.8 Å². The second-order valence-electron chi connectivity index (χ2n) is 5.62. The quantitative estimate of drug-likeness (QED) is 0.868.